The van der Waals surface area contributed by atoms with Crippen molar-refractivity contribution in [2.45, 2.75) is 55.5 Å². The lowest BCUT2D eigenvalue weighted by Crippen LogP contribution is -2.12. The number of aromatic nitrogens is 3. The molecule has 0 atom stereocenters. The van der Waals surface area contributed by atoms with E-state index in [2.05, 4.69) is 21.3 Å². The first kappa shape index (κ1) is 17.8. The number of thioether (sulfide) groups is 1. The highest BCUT2D eigenvalue weighted by molar-refractivity contribution is 7.98. The quantitative estimate of drug-likeness (QED) is 0.446. The standard InChI is InChI=1S/C18H21Cl2N3S/c1-2-11-23-17(13-7-4-3-5-8-13)21-22-18(23)24-12-14-15(19)9-6-10-16(14)20/h2,6,9-10,13H,1,3-5,7-8,11-12H2. The fourth-order valence-corrected chi connectivity index (χ4v) is 4.87. The van der Waals surface area contributed by atoms with E-state index in [1.807, 2.05) is 24.3 Å². The van der Waals surface area contributed by atoms with E-state index in [1.54, 1.807) is 11.8 Å². The minimum absolute atomic E-state index is 0.518. The summed E-state index contributed by atoms with van der Waals surface area (Å²) < 4.78 is 2.19. The van der Waals surface area contributed by atoms with E-state index in [0.717, 1.165) is 23.1 Å². The van der Waals surface area contributed by atoms with Crippen molar-refractivity contribution in [3.8, 4) is 0 Å². The zero-order chi connectivity index (χ0) is 16.9. The van der Waals surface area contributed by atoms with E-state index in [4.69, 9.17) is 23.2 Å². The van der Waals surface area contributed by atoms with E-state index in [0.29, 0.717) is 21.7 Å². The lowest BCUT2D eigenvalue weighted by Gasteiger charge is -2.21. The molecule has 24 heavy (non-hydrogen) atoms. The van der Waals surface area contributed by atoms with E-state index in [1.165, 1.54) is 32.1 Å². The molecule has 0 aliphatic heterocycles. The molecule has 1 aromatic heterocycles. The monoisotopic (exact) mass is 381 g/mol. The second-order valence-corrected chi connectivity index (χ2v) is 7.82. The van der Waals surface area contributed by atoms with Gasteiger partial charge >= 0.3 is 0 Å². The summed E-state index contributed by atoms with van der Waals surface area (Å²) in [4.78, 5) is 0. The zero-order valence-electron chi connectivity index (χ0n) is 13.5. The minimum atomic E-state index is 0.518. The van der Waals surface area contributed by atoms with Gasteiger partial charge in [0.1, 0.15) is 5.82 Å². The van der Waals surface area contributed by atoms with Crippen LogP contribution in [0.25, 0.3) is 0 Å². The maximum Gasteiger partial charge on any atom is 0.191 e. The smallest absolute Gasteiger partial charge is 0.191 e. The fourth-order valence-electron chi connectivity index (χ4n) is 3.18. The SMILES string of the molecule is C=CCn1c(SCc2c(Cl)cccc2Cl)nnc1C1CCCCC1. The van der Waals surface area contributed by atoms with Gasteiger partial charge in [0.15, 0.2) is 5.16 Å². The second kappa shape index (κ2) is 8.41. The fraction of sp³-hybridized carbons (Fsp3) is 0.444. The van der Waals surface area contributed by atoms with E-state index < -0.39 is 0 Å². The van der Waals surface area contributed by atoms with Crippen LogP contribution in [0.5, 0.6) is 0 Å². The predicted octanol–water partition coefficient (Wildman–Crippen LogP) is 6.11. The number of hydrogen-bond donors (Lipinski definition) is 0. The Balaban J connectivity index is 1.80. The Hall–Kier alpha value is -0.970. The van der Waals surface area contributed by atoms with Crippen LogP contribution in [-0.4, -0.2) is 14.8 Å². The predicted molar refractivity (Wildman–Crippen MR) is 102 cm³/mol. The molecule has 1 aliphatic carbocycles. The molecule has 0 saturated heterocycles. The number of nitrogens with zero attached hydrogens (tertiary/aromatic N) is 3. The second-order valence-electron chi connectivity index (χ2n) is 6.06. The molecular weight excluding hydrogens is 361 g/mol. The van der Waals surface area contributed by atoms with Gasteiger partial charge in [-0.25, -0.2) is 0 Å². The average Bonchev–Trinajstić information content (AvgIpc) is 2.98. The van der Waals surface area contributed by atoms with Gasteiger partial charge in [-0.3, -0.25) is 0 Å². The molecule has 6 heteroatoms. The third kappa shape index (κ3) is 3.98. The summed E-state index contributed by atoms with van der Waals surface area (Å²) in [5, 5.41) is 11.2. The van der Waals surface area contributed by atoms with Crippen LogP contribution in [0.3, 0.4) is 0 Å². The molecule has 3 nitrogen and oxygen atoms in total. The topological polar surface area (TPSA) is 30.7 Å². The lowest BCUT2D eigenvalue weighted by atomic mass is 9.89. The summed E-state index contributed by atoms with van der Waals surface area (Å²) in [7, 11) is 0. The van der Waals surface area contributed by atoms with Gasteiger partial charge in [-0.1, -0.05) is 66.4 Å². The highest BCUT2D eigenvalue weighted by Gasteiger charge is 2.23. The summed E-state index contributed by atoms with van der Waals surface area (Å²) in [5.74, 6) is 2.30. The van der Waals surface area contributed by atoms with Gasteiger partial charge in [-0.05, 0) is 30.5 Å². The first-order valence-corrected chi connectivity index (χ1v) is 10.0. The number of allylic oxidation sites excluding steroid dienone is 1. The summed E-state index contributed by atoms with van der Waals surface area (Å²) in [6.07, 6.45) is 8.21. The molecule has 0 spiro atoms. The largest absolute Gasteiger partial charge is 0.302 e. The molecular formula is C18H21Cl2N3S. The molecule has 1 aromatic carbocycles. The van der Waals surface area contributed by atoms with Crippen molar-refractivity contribution in [1.29, 1.82) is 0 Å². The Morgan fingerprint density at radius 3 is 2.54 bits per heavy atom. The molecule has 1 heterocycles. The Labute approximate surface area is 157 Å². The van der Waals surface area contributed by atoms with E-state index in [9.17, 15) is 0 Å². The highest BCUT2D eigenvalue weighted by atomic mass is 35.5. The third-order valence-electron chi connectivity index (χ3n) is 4.43. The van der Waals surface area contributed by atoms with Crippen molar-refractivity contribution in [1.82, 2.24) is 14.8 Å². The van der Waals surface area contributed by atoms with Gasteiger partial charge in [0.25, 0.3) is 0 Å². The number of benzene rings is 1. The molecule has 0 unspecified atom stereocenters. The molecule has 1 aliphatic rings. The van der Waals surface area contributed by atoms with Crippen LogP contribution in [0, 0.1) is 0 Å². The lowest BCUT2D eigenvalue weighted by molar-refractivity contribution is 0.415. The number of halogens is 2. The summed E-state index contributed by atoms with van der Waals surface area (Å²) in [6.45, 7) is 4.62. The van der Waals surface area contributed by atoms with Gasteiger partial charge in [0, 0.05) is 28.3 Å². The van der Waals surface area contributed by atoms with Gasteiger partial charge in [0.05, 0.1) is 0 Å². The maximum atomic E-state index is 6.27. The van der Waals surface area contributed by atoms with Gasteiger partial charge in [-0.2, -0.15) is 0 Å². The van der Waals surface area contributed by atoms with Crippen LogP contribution in [0.2, 0.25) is 10.0 Å². The molecule has 0 amide bonds. The van der Waals surface area contributed by atoms with Crippen molar-refractivity contribution in [3.63, 3.8) is 0 Å². The Bertz CT molecular complexity index is 688. The Morgan fingerprint density at radius 1 is 1.17 bits per heavy atom. The third-order valence-corrected chi connectivity index (χ3v) is 6.14. The molecule has 1 saturated carbocycles. The van der Waals surface area contributed by atoms with Crippen LogP contribution >= 0.6 is 35.0 Å². The molecule has 128 valence electrons. The van der Waals surface area contributed by atoms with Crippen LogP contribution in [0.4, 0.5) is 0 Å². The van der Waals surface area contributed by atoms with Crippen LogP contribution in [0.1, 0.15) is 49.4 Å². The normalized spacial score (nSPS) is 15.6. The van der Waals surface area contributed by atoms with Crippen LogP contribution in [0.15, 0.2) is 36.0 Å². The summed E-state index contributed by atoms with van der Waals surface area (Å²) in [5.41, 5.74) is 0.943. The Morgan fingerprint density at radius 2 is 1.88 bits per heavy atom. The molecule has 0 bridgehead atoms. The average molecular weight is 382 g/mol. The first-order valence-electron chi connectivity index (χ1n) is 8.30. The molecule has 0 N–H and O–H groups in total. The minimum Gasteiger partial charge on any atom is -0.302 e. The van der Waals surface area contributed by atoms with E-state index >= 15 is 0 Å². The molecule has 3 rings (SSSR count). The van der Waals surface area contributed by atoms with Crippen molar-refractivity contribution in [2.24, 2.45) is 0 Å². The number of hydrogen-bond acceptors (Lipinski definition) is 3. The maximum absolute atomic E-state index is 6.27. The first-order chi connectivity index (χ1) is 11.7. The van der Waals surface area contributed by atoms with Crippen LogP contribution in [-0.2, 0) is 12.3 Å². The zero-order valence-corrected chi connectivity index (χ0v) is 15.9. The number of rotatable bonds is 6. The van der Waals surface area contributed by atoms with Gasteiger partial charge in [-0.15, -0.1) is 16.8 Å². The van der Waals surface area contributed by atoms with Crippen LogP contribution < -0.4 is 0 Å². The van der Waals surface area contributed by atoms with Crippen molar-refractivity contribution in [3.05, 3.63) is 52.3 Å². The highest BCUT2D eigenvalue weighted by Crippen LogP contribution is 2.35. The Kier molecular flexibility index (Phi) is 6.25. The molecule has 1 fully saturated rings. The summed E-state index contributed by atoms with van der Waals surface area (Å²) >= 11 is 14.2. The van der Waals surface area contributed by atoms with Crippen molar-refractivity contribution >= 4 is 35.0 Å². The molecule has 0 radical (unpaired) electrons. The summed E-state index contributed by atoms with van der Waals surface area (Å²) in [6, 6.07) is 5.59. The van der Waals surface area contributed by atoms with Gasteiger partial charge < -0.3 is 4.57 Å². The van der Waals surface area contributed by atoms with Crippen molar-refractivity contribution < 1.29 is 0 Å². The molecule has 2 aromatic rings. The van der Waals surface area contributed by atoms with E-state index in [-0.39, 0.29) is 0 Å². The van der Waals surface area contributed by atoms with Gasteiger partial charge in [0.2, 0.25) is 0 Å². The van der Waals surface area contributed by atoms with Crippen molar-refractivity contribution in [2.75, 3.05) is 0 Å².